The Balaban J connectivity index is 0.000000817. The molecular weight excluding hydrogens is 355 g/mol. The number of carbonyl (C=O) groups is 1. The van der Waals surface area contributed by atoms with Crippen LogP contribution in [-0.4, -0.2) is 22.5 Å². The maximum Gasteiger partial charge on any atom is 0.416 e. The summed E-state index contributed by atoms with van der Waals surface area (Å²) in [6, 6.07) is 5.01. The van der Waals surface area contributed by atoms with Gasteiger partial charge in [-0.1, -0.05) is 24.8 Å². The van der Waals surface area contributed by atoms with E-state index >= 15 is 0 Å². The van der Waals surface area contributed by atoms with Gasteiger partial charge in [0.1, 0.15) is 5.70 Å². The first-order chi connectivity index (χ1) is 12.7. The molecule has 0 radical (unpaired) electrons. The Bertz CT molecular complexity index is 761. The molecule has 0 spiro atoms. The smallest absolute Gasteiger partial charge is 0.416 e. The summed E-state index contributed by atoms with van der Waals surface area (Å²) in [6.07, 6.45) is 0.224. The van der Waals surface area contributed by atoms with E-state index < -0.39 is 17.7 Å². The molecule has 1 fully saturated rings. The molecule has 27 heavy (non-hydrogen) atoms. The van der Waals surface area contributed by atoms with Crippen LogP contribution < -0.4 is 0 Å². The van der Waals surface area contributed by atoms with E-state index in [2.05, 4.69) is 13.2 Å². The molecule has 0 bridgehead atoms. The number of benzene rings is 1. The van der Waals surface area contributed by atoms with Crippen molar-refractivity contribution in [2.45, 2.75) is 38.9 Å². The van der Waals surface area contributed by atoms with Crippen molar-refractivity contribution in [3.63, 3.8) is 0 Å². The first-order valence-corrected chi connectivity index (χ1v) is 8.80. The van der Waals surface area contributed by atoms with E-state index in [4.69, 9.17) is 0 Å². The molecule has 0 unspecified atom stereocenters. The van der Waals surface area contributed by atoms with Crippen molar-refractivity contribution in [3.05, 3.63) is 71.5 Å². The summed E-state index contributed by atoms with van der Waals surface area (Å²) in [5.41, 5.74) is 1.40. The number of nitrogens with zero attached hydrogens (tertiary/aromatic N) is 1. The van der Waals surface area contributed by atoms with Gasteiger partial charge in [-0.25, -0.2) is 4.79 Å². The van der Waals surface area contributed by atoms with Gasteiger partial charge >= 0.3 is 12.1 Å². The molecule has 1 aromatic rings. The van der Waals surface area contributed by atoms with Gasteiger partial charge in [0.2, 0.25) is 0 Å². The molecule has 3 rings (SSSR count). The fraction of sp³-hybridized carbons (Fsp3) is 0.381. The van der Waals surface area contributed by atoms with Crippen molar-refractivity contribution in [2.75, 3.05) is 6.54 Å². The second-order valence-corrected chi connectivity index (χ2v) is 6.85. The Morgan fingerprint density at radius 1 is 1.37 bits per heavy atom. The number of halogens is 3. The summed E-state index contributed by atoms with van der Waals surface area (Å²) in [5.74, 6) is -0.532. The molecule has 1 aliphatic carbocycles. The van der Waals surface area contributed by atoms with Crippen LogP contribution in [0.5, 0.6) is 0 Å². The lowest BCUT2D eigenvalue weighted by molar-refractivity contribution is -0.138. The van der Waals surface area contributed by atoms with Gasteiger partial charge in [-0.05, 0) is 60.9 Å². The van der Waals surface area contributed by atoms with Gasteiger partial charge in [0.15, 0.2) is 0 Å². The van der Waals surface area contributed by atoms with Crippen molar-refractivity contribution < 1.29 is 23.1 Å². The predicted molar refractivity (Wildman–Crippen MR) is 98.9 cm³/mol. The third-order valence-electron chi connectivity index (χ3n) is 4.43. The molecule has 6 heteroatoms. The minimum Gasteiger partial charge on any atom is -0.477 e. The monoisotopic (exact) mass is 379 g/mol. The standard InChI is InChI=1S/C18H18F3NO2.C3H6/c1-11-9-22(16(17(23)24)15(11)8-12-5-6-12)10-13-3-2-4-14(7-13)18(19,20)21;1-3-2/h2-4,7,12H,1,5-6,8-10H2,(H,23,24);3H,1H2,2H3. The van der Waals surface area contributed by atoms with E-state index in [1.54, 1.807) is 17.0 Å². The summed E-state index contributed by atoms with van der Waals surface area (Å²) in [4.78, 5) is 13.3. The first-order valence-electron chi connectivity index (χ1n) is 8.80. The quantitative estimate of drug-likeness (QED) is 0.696. The SMILES string of the molecule is C=C1CN(Cc2cccc(C(F)(F)F)c2)C(C(=O)O)=C1CC1CC1.C=CC. The fourth-order valence-corrected chi connectivity index (χ4v) is 3.08. The first kappa shape index (κ1) is 20.8. The van der Waals surface area contributed by atoms with Gasteiger partial charge < -0.3 is 10.0 Å². The van der Waals surface area contributed by atoms with Crippen LogP contribution in [0, 0.1) is 5.92 Å². The highest BCUT2D eigenvalue weighted by molar-refractivity contribution is 5.89. The Morgan fingerprint density at radius 3 is 2.52 bits per heavy atom. The van der Waals surface area contributed by atoms with E-state index in [9.17, 15) is 23.1 Å². The largest absolute Gasteiger partial charge is 0.477 e. The zero-order valence-corrected chi connectivity index (χ0v) is 15.4. The van der Waals surface area contributed by atoms with Gasteiger partial charge in [-0.2, -0.15) is 13.2 Å². The summed E-state index contributed by atoms with van der Waals surface area (Å²) in [6.45, 7) is 9.68. The second kappa shape index (κ2) is 8.46. The lowest BCUT2D eigenvalue weighted by Gasteiger charge is -2.20. The number of allylic oxidation sites excluding steroid dienone is 1. The van der Waals surface area contributed by atoms with Crippen molar-refractivity contribution in [1.29, 1.82) is 0 Å². The van der Waals surface area contributed by atoms with Crippen LogP contribution in [0.1, 0.15) is 37.3 Å². The minimum atomic E-state index is -4.41. The Morgan fingerprint density at radius 2 is 2.00 bits per heavy atom. The highest BCUT2D eigenvalue weighted by Crippen LogP contribution is 2.41. The third-order valence-corrected chi connectivity index (χ3v) is 4.43. The number of rotatable bonds is 5. The van der Waals surface area contributed by atoms with E-state index in [1.807, 2.05) is 6.92 Å². The predicted octanol–water partition coefficient (Wildman–Crippen LogP) is 5.41. The number of alkyl halides is 3. The van der Waals surface area contributed by atoms with Gasteiger partial charge in [0.05, 0.1) is 5.56 Å². The highest BCUT2D eigenvalue weighted by atomic mass is 19.4. The molecule has 3 nitrogen and oxygen atoms in total. The molecule has 146 valence electrons. The molecule has 0 aromatic heterocycles. The van der Waals surface area contributed by atoms with Crippen LogP contribution in [-0.2, 0) is 17.5 Å². The highest BCUT2D eigenvalue weighted by Gasteiger charge is 2.35. The lowest BCUT2D eigenvalue weighted by atomic mass is 10.0. The molecule has 0 saturated heterocycles. The normalized spacial score (nSPS) is 16.9. The zero-order valence-electron chi connectivity index (χ0n) is 15.4. The Labute approximate surface area is 157 Å². The molecule has 1 saturated carbocycles. The maximum atomic E-state index is 12.8. The summed E-state index contributed by atoms with van der Waals surface area (Å²) < 4.78 is 38.5. The third kappa shape index (κ3) is 5.49. The topological polar surface area (TPSA) is 40.5 Å². The molecule has 2 aliphatic rings. The number of hydrogen-bond donors (Lipinski definition) is 1. The molecule has 1 aromatic carbocycles. The molecule has 1 aliphatic heterocycles. The van der Waals surface area contributed by atoms with Crippen LogP contribution in [0.3, 0.4) is 0 Å². The fourth-order valence-electron chi connectivity index (χ4n) is 3.08. The average Bonchev–Trinajstić information content (AvgIpc) is 3.32. The molecule has 0 atom stereocenters. The van der Waals surface area contributed by atoms with Crippen LogP contribution >= 0.6 is 0 Å². The summed E-state index contributed by atoms with van der Waals surface area (Å²) >= 11 is 0. The average molecular weight is 379 g/mol. The summed E-state index contributed by atoms with van der Waals surface area (Å²) in [5, 5.41) is 9.55. The maximum absolute atomic E-state index is 12.8. The number of hydrogen-bond acceptors (Lipinski definition) is 2. The second-order valence-electron chi connectivity index (χ2n) is 6.85. The van der Waals surface area contributed by atoms with Crippen LogP contribution in [0.2, 0.25) is 0 Å². The Kier molecular flexibility index (Phi) is 6.52. The molecule has 1 N–H and O–H groups in total. The van der Waals surface area contributed by atoms with Gasteiger partial charge in [-0.3, -0.25) is 0 Å². The van der Waals surface area contributed by atoms with Gasteiger partial charge in [0, 0.05) is 13.1 Å². The van der Waals surface area contributed by atoms with Gasteiger partial charge in [0.25, 0.3) is 0 Å². The molecule has 1 heterocycles. The molecule has 0 amide bonds. The minimum absolute atomic E-state index is 0.124. The van der Waals surface area contributed by atoms with Crippen LogP contribution in [0.4, 0.5) is 13.2 Å². The van der Waals surface area contributed by atoms with E-state index in [1.165, 1.54) is 6.07 Å². The Hall–Kier alpha value is -2.50. The number of carboxylic acid groups (broad SMARTS) is 1. The zero-order chi connectivity index (χ0) is 20.2. The van der Waals surface area contributed by atoms with E-state index in [0.29, 0.717) is 24.4 Å². The van der Waals surface area contributed by atoms with Crippen molar-refractivity contribution >= 4 is 5.97 Å². The van der Waals surface area contributed by atoms with Gasteiger partial charge in [-0.15, -0.1) is 6.58 Å². The number of aliphatic carboxylic acids is 1. The van der Waals surface area contributed by atoms with Crippen molar-refractivity contribution in [2.24, 2.45) is 5.92 Å². The van der Waals surface area contributed by atoms with Crippen molar-refractivity contribution in [3.8, 4) is 0 Å². The number of carboxylic acids is 1. The molecular formula is C21H24F3NO2. The van der Waals surface area contributed by atoms with E-state index in [-0.39, 0.29) is 12.2 Å². The summed E-state index contributed by atoms with van der Waals surface area (Å²) in [7, 11) is 0. The van der Waals surface area contributed by atoms with Crippen LogP contribution in [0.15, 0.2) is 60.3 Å². The van der Waals surface area contributed by atoms with E-state index in [0.717, 1.165) is 36.1 Å². The van der Waals surface area contributed by atoms with Crippen molar-refractivity contribution in [1.82, 2.24) is 4.90 Å². The van der Waals surface area contributed by atoms with Crippen LogP contribution in [0.25, 0.3) is 0 Å². The lowest BCUT2D eigenvalue weighted by Crippen LogP contribution is -2.24.